The van der Waals surface area contributed by atoms with Gasteiger partial charge in [0.15, 0.2) is 0 Å². The maximum absolute atomic E-state index is 13.0. The van der Waals surface area contributed by atoms with Gasteiger partial charge in [0, 0.05) is 6.54 Å². The number of carbonyl (C=O) groups excluding carboxylic acids is 1. The van der Waals surface area contributed by atoms with Crippen molar-refractivity contribution in [2.75, 3.05) is 19.6 Å². The third-order valence-corrected chi connectivity index (χ3v) is 3.69. The lowest BCUT2D eigenvalue weighted by Crippen LogP contribution is -2.51. The highest BCUT2D eigenvalue weighted by Gasteiger charge is 2.36. The molecule has 2 heterocycles. The summed E-state index contributed by atoms with van der Waals surface area (Å²) < 4.78 is 13.0. The van der Waals surface area contributed by atoms with Gasteiger partial charge in [0.05, 0.1) is 12.6 Å². The smallest absolute Gasteiger partial charge is 0.239 e. The maximum atomic E-state index is 13.0. The van der Waals surface area contributed by atoms with E-state index >= 15 is 0 Å². The Balaban J connectivity index is 1.94. The van der Waals surface area contributed by atoms with Gasteiger partial charge in [-0.3, -0.25) is 4.79 Å². The van der Waals surface area contributed by atoms with Gasteiger partial charge in [0.25, 0.3) is 0 Å². The molecule has 2 saturated heterocycles. The Morgan fingerprint density at radius 3 is 2.81 bits per heavy atom. The molecule has 1 amide bonds. The first kappa shape index (κ1) is 11.8. The minimum atomic E-state index is -0.819. The molecule has 2 aliphatic rings. The third kappa shape index (κ3) is 2.54. The van der Waals surface area contributed by atoms with E-state index in [1.54, 1.807) is 4.90 Å². The van der Waals surface area contributed by atoms with Gasteiger partial charge in [0.2, 0.25) is 5.91 Å². The Kier molecular flexibility index (Phi) is 3.19. The number of alkyl halides is 1. The van der Waals surface area contributed by atoms with Crippen LogP contribution in [0.3, 0.4) is 0 Å². The maximum Gasteiger partial charge on any atom is 0.239 e. The van der Waals surface area contributed by atoms with Gasteiger partial charge in [-0.05, 0) is 31.2 Å². The monoisotopic (exact) mass is 228 g/mol. The topological polar surface area (TPSA) is 32.3 Å². The standard InChI is InChI=1S/C12H21FN2O/c1-12(2)4-5-14-10(7-12)11(16)15-6-3-9(13)8-15/h9-10,14H,3-8H2,1-2H3/t9-,10?/m0/s1. The highest BCUT2D eigenvalue weighted by molar-refractivity contribution is 5.82. The van der Waals surface area contributed by atoms with Crippen molar-refractivity contribution in [3.05, 3.63) is 0 Å². The van der Waals surface area contributed by atoms with Crippen LogP contribution in [0.1, 0.15) is 33.1 Å². The SMILES string of the molecule is CC1(C)CCNC(C(=O)N2CC[C@H](F)C2)C1. The molecule has 1 unspecified atom stereocenters. The molecule has 0 aromatic carbocycles. The number of amides is 1. The number of hydrogen-bond donors (Lipinski definition) is 1. The van der Waals surface area contributed by atoms with Gasteiger partial charge >= 0.3 is 0 Å². The summed E-state index contributed by atoms with van der Waals surface area (Å²) in [5.41, 5.74) is 0.223. The summed E-state index contributed by atoms with van der Waals surface area (Å²) in [5, 5.41) is 3.25. The van der Waals surface area contributed by atoms with Crippen LogP contribution in [0.5, 0.6) is 0 Å². The van der Waals surface area contributed by atoms with E-state index in [2.05, 4.69) is 19.2 Å². The lowest BCUT2D eigenvalue weighted by Gasteiger charge is -2.36. The average molecular weight is 228 g/mol. The van der Waals surface area contributed by atoms with Crippen LogP contribution in [0.15, 0.2) is 0 Å². The Morgan fingerprint density at radius 2 is 2.25 bits per heavy atom. The summed E-state index contributed by atoms with van der Waals surface area (Å²) >= 11 is 0. The van der Waals surface area contributed by atoms with Crippen LogP contribution in [-0.4, -0.2) is 42.7 Å². The molecule has 2 fully saturated rings. The molecule has 0 aromatic rings. The lowest BCUT2D eigenvalue weighted by molar-refractivity contribution is -0.134. The Labute approximate surface area is 96.4 Å². The third-order valence-electron chi connectivity index (χ3n) is 3.69. The largest absolute Gasteiger partial charge is 0.338 e. The first-order chi connectivity index (χ1) is 7.48. The van der Waals surface area contributed by atoms with Crippen molar-refractivity contribution in [1.82, 2.24) is 10.2 Å². The van der Waals surface area contributed by atoms with Crippen LogP contribution in [0.25, 0.3) is 0 Å². The van der Waals surface area contributed by atoms with Crippen molar-refractivity contribution >= 4 is 5.91 Å². The van der Waals surface area contributed by atoms with Crippen molar-refractivity contribution in [2.24, 2.45) is 5.41 Å². The molecule has 0 aromatic heterocycles. The van der Waals surface area contributed by atoms with Gasteiger partial charge in [-0.2, -0.15) is 0 Å². The molecule has 16 heavy (non-hydrogen) atoms. The summed E-state index contributed by atoms with van der Waals surface area (Å²) in [6.07, 6.45) is 1.64. The van der Waals surface area contributed by atoms with Crippen molar-refractivity contribution in [2.45, 2.75) is 45.3 Å². The second-order valence-corrected chi connectivity index (χ2v) is 5.80. The zero-order valence-electron chi connectivity index (χ0n) is 10.1. The zero-order valence-corrected chi connectivity index (χ0v) is 10.1. The first-order valence-electron chi connectivity index (χ1n) is 6.14. The quantitative estimate of drug-likeness (QED) is 0.734. The first-order valence-corrected chi connectivity index (χ1v) is 6.14. The van der Waals surface area contributed by atoms with Gasteiger partial charge in [0.1, 0.15) is 6.17 Å². The normalized spacial score (nSPS) is 34.1. The molecular formula is C12H21FN2O. The molecule has 92 valence electrons. The fourth-order valence-corrected chi connectivity index (χ4v) is 2.62. The van der Waals surface area contributed by atoms with Crippen LogP contribution in [0.2, 0.25) is 0 Å². The summed E-state index contributed by atoms with van der Waals surface area (Å²) in [5.74, 6) is 0.0907. The molecule has 0 saturated carbocycles. The van der Waals surface area contributed by atoms with E-state index < -0.39 is 6.17 Å². The number of likely N-dealkylation sites (tertiary alicyclic amines) is 1. The highest BCUT2D eigenvalue weighted by Crippen LogP contribution is 2.30. The van der Waals surface area contributed by atoms with Gasteiger partial charge < -0.3 is 10.2 Å². The molecule has 2 atom stereocenters. The van der Waals surface area contributed by atoms with E-state index in [-0.39, 0.29) is 23.9 Å². The fraction of sp³-hybridized carbons (Fsp3) is 0.917. The molecule has 0 bridgehead atoms. The van der Waals surface area contributed by atoms with E-state index in [0.717, 1.165) is 19.4 Å². The van der Waals surface area contributed by atoms with Crippen LogP contribution in [0, 0.1) is 5.41 Å². The molecule has 0 spiro atoms. The van der Waals surface area contributed by atoms with Crippen molar-refractivity contribution in [3.8, 4) is 0 Å². The molecule has 1 N–H and O–H groups in total. The van der Waals surface area contributed by atoms with Crippen molar-refractivity contribution in [3.63, 3.8) is 0 Å². The van der Waals surface area contributed by atoms with Gasteiger partial charge in [-0.1, -0.05) is 13.8 Å². The molecule has 4 heteroatoms. The zero-order chi connectivity index (χ0) is 11.8. The lowest BCUT2D eigenvalue weighted by atomic mass is 9.79. The van der Waals surface area contributed by atoms with Crippen LogP contribution >= 0.6 is 0 Å². The van der Waals surface area contributed by atoms with Gasteiger partial charge in [-0.15, -0.1) is 0 Å². The number of piperidine rings is 1. The Hall–Kier alpha value is -0.640. The van der Waals surface area contributed by atoms with Crippen LogP contribution < -0.4 is 5.32 Å². The molecule has 3 nitrogen and oxygen atoms in total. The summed E-state index contributed by atoms with van der Waals surface area (Å²) in [6, 6.07) is -0.103. The van der Waals surface area contributed by atoms with E-state index in [1.165, 1.54) is 0 Å². The second-order valence-electron chi connectivity index (χ2n) is 5.80. The highest BCUT2D eigenvalue weighted by atomic mass is 19.1. The van der Waals surface area contributed by atoms with Crippen molar-refractivity contribution < 1.29 is 9.18 Å². The van der Waals surface area contributed by atoms with Gasteiger partial charge in [-0.25, -0.2) is 4.39 Å². The van der Waals surface area contributed by atoms with E-state index in [9.17, 15) is 9.18 Å². The second kappa shape index (κ2) is 4.32. The summed E-state index contributed by atoms with van der Waals surface area (Å²) in [7, 11) is 0. The van der Waals surface area contributed by atoms with E-state index in [4.69, 9.17) is 0 Å². The Bertz CT molecular complexity index is 280. The molecule has 0 radical (unpaired) electrons. The van der Waals surface area contributed by atoms with E-state index in [0.29, 0.717) is 13.0 Å². The number of rotatable bonds is 1. The minimum absolute atomic E-state index is 0.0907. The predicted octanol–water partition coefficient (Wildman–Crippen LogP) is 1.33. The predicted molar refractivity (Wildman–Crippen MR) is 60.9 cm³/mol. The summed E-state index contributed by atoms with van der Waals surface area (Å²) in [6.45, 7) is 6.14. The van der Waals surface area contributed by atoms with E-state index in [1.807, 2.05) is 0 Å². The average Bonchev–Trinajstić information content (AvgIpc) is 2.62. The van der Waals surface area contributed by atoms with Crippen molar-refractivity contribution in [1.29, 1.82) is 0 Å². The fourth-order valence-electron chi connectivity index (χ4n) is 2.62. The van der Waals surface area contributed by atoms with Crippen LogP contribution in [0.4, 0.5) is 4.39 Å². The number of nitrogens with one attached hydrogen (secondary N) is 1. The Morgan fingerprint density at radius 1 is 1.50 bits per heavy atom. The number of carbonyl (C=O) groups is 1. The summed E-state index contributed by atoms with van der Waals surface area (Å²) in [4.78, 5) is 13.8. The number of halogens is 1. The number of hydrogen-bond acceptors (Lipinski definition) is 2. The molecule has 2 aliphatic heterocycles. The minimum Gasteiger partial charge on any atom is -0.338 e. The van der Waals surface area contributed by atoms with Crippen LogP contribution in [-0.2, 0) is 4.79 Å². The molecule has 2 rings (SSSR count). The molecule has 0 aliphatic carbocycles. The molecular weight excluding hydrogens is 207 g/mol. The number of nitrogens with zero attached hydrogens (tertiary/aromatic N) is 1.